The van der Waals surface area contributed by atoms with Crippen molar-refractivity contribution in [3.8, 4) is 0 Å². The topological polar surface area (TPSA) is 20.3 Å². The minimum Gasteiger partial charge on any atom is -0.336 e. The largest absolute Gasteiger partial charge is 0.336 e. The van der Waals surface area contributed by atoms with Crippen molar-refractivity contribution in [2.45, 2.75) is 57.4 Å². The Balaban J connectivity index is 2.02. The van der Waals surface area contributed by atoms with Crippen LogP contribution in [-0.2, 0) is 0 Å². The highest BCUT2D eigenvalue weighted by molar-refractivity contribution is 5.94. The van der Waals surface area contributed by atoms with Crippen LogP contribution in [0.4, 0.5) is 0 Å². The first-order valence-electron chi connectivity index (χ1n) is 8.30. The number of allylic oxidation sites excluding steroid dienone is 1. The van der Waals surface area contributed by atoms with Crippen LogP contribution >= 0.6 is 0 Å². The lowest BCUT2D eigenvalue weighted by molar-refractivity contribution is 0.0630. The third-order valence-corrected chi connectivity index (χ3v) is 4.35. The number of carbonyl (C=O) groups excluding carboxylic acids is 1. The summed E-state index contributed by atoms with van der Waals surface area (Å²) in [7, 11) is 0. The molecule has 1 saturated carbocycles. The Morgan fingerprint density at radius 3 is 2.52 bits per heavy atom. The van der Waals surface area contributed by atoms with Crippen LogP contribution in [0.2, 0.25) is 0 Å². The van der Waals surface area contributed by atoms with E-state index in [4.69, 9.17) is 0 Å². The van der Waals surface area contributed by atoms with Crippen LogP contribution in [0.15, 0.2) is 43.0 Å². The lowest BCUT2D eigenvalue weighted by Gasteiger charge is -2.34. The molecule has 0 aliphatic heterocycles. The van der Waals surface area contributed by atoms with Crippen LogP contribution in [0, 0.1) is 0 Å². The Labute approximate surface area is 128 Å². The van der Waals surface area contributed by atoms with Gasteiger partial charge >= 0.3 is 0 Å². The van der Waals surface area contributed by atoms with Gasteiger partial charge in [-0.15, -0.1) is 6.58 Å². The van der Waals surface area contributed by atoms with E-state index in [9.17, 15) is 4.79 Å². The van der Waals surface area contributed by atoms with E-state index in [2.05, 4.69) is 11.5 Å². The molecule has 1 amide bonds. The molecule has 1 aromatic rings. The summed E-state index contributed by atoms with van der Waals surface area (Å²) in [5.41, 5.74) is 0.826. The molecule has 1 aliphatic rings. The lowest BCUT2D eigenvalue weighted by Crippen LogP contribution is -2.42. The second kappa shape index (κ2) is 8.66. The second-order valence-electron chi connectivity index (χ2n) is 5.94. The number of carbonyl (C=O) groups is 1. The van der Waals surface area contributed by atoms with Gasteiger partial charge in [0.15, 0.2) is 0 Å². The van der Waals surface area contributed by atoms with Gasteiger partial charge in [-0.2, -0.15) is 0 Å². The normalized spacial score (nSPS) is 15.6. The Kier molecular flexibility index (Phi) is 6.52. The highest BCUT2D eigenvalue weighted by Crippen LogP contribution is 2.24. The average molecular weight is 285 g/mol. The van der Waals surface area contributed by atoms with Crippen molar-refractivity contribution >= 4 is 5.91 Å². The molecule has 0 saturated heterocycles. The van der Waals surface area contributed by atoms with Gasteiger partial charge in [0.1, 0.15) is 0 Å². The lowest BCUT2D eigenvalue weighted by atomic mass is 9.93. The zero-order valence-electron chi connectivity index (χ0n) is 13.0. The van der Waals surface area contributed by atoms with Crippen molar-refractivity contribution < 1.29 is 4.79 Å². The van der Waals surface area contributed by atoms with E-state index < -0.39 is 0 Å². The van der Waals surface area contributed by atoms with Crippen molar-refractivity contribution in [2.24, 2.45) is 0 Å². The molecule has 114 valence electrons. The van der Waals surface area contributed by atoms with Gasteiger partial charge in [0, 0.05) is 18.2 Å². The van der Waals surface area contributed by atoms with Gasteiger partial charge in [-0.05, 0) is 44.2 Å². The zero-order valence-corrected chi connectivity index (χ0v) is 13.0. The number of benzene rings is 1. The molecule has 2 nitrogen and oxygen atoms in total. The number of unbranched alkanes of at least 4 members (excludes halogenated alkanes) is 2. The molecule has 1 aromatic carbocycles. The standard InChI is InChI=1S/C19H27NO/c1-2-3-4-11-16-20(18-14-9-6-10-15-18)19(21)17-12-7-5-8-13-17/h2,5,7-8,12-13,18H,1,3-4,6,9-11,14-16H2. The number of rotatable bonds is 7. The minimum atomic E-state index is 0.209. The number of amides is 1. The Morgan fingerprint density at radius 1 is 1.14 bits per heavy atom. The highest BCUT2D eigenvalue weighted by atomic mass is 16.2. The highest BCUT2D eigenvalue weighted by Gasteiger charge is 2.25. The van der Waals surface area contributed by atoms with E-state index in [0.29, 0.717) is 6.04 Å². The molecule has 0 radical (unpaired) electrons. The van der Waals surface area contributed by atoms with Crippen molar-refractivity contribution in [3.63, 3.8) is 0 Å². The number of hydrogen-bond donors (Lipinski definition) is 0. The summed E-state index contributed by atoms with van der Waals surface area (Å²) in [6, 6.07) is 10.2. The van der Waals surface area contributed by atoms with Gasteiger partial charge in [0.05, 0.1) is 0 Å². The van der Waals surface area contributed by atoms with Gasteiger partial charge in [-0.25, -0.2) is 0 Å². The van der Waals surface area contributed by atoms with Crippen LogP contribution in [0.25, 0.3) is 0 Å². The molecule has 0 bridgehead atoms. The molecular weight excluding hydrogens is 258 g/mol. The fraction of sp³-hybridized carbons (Fsp3) is 0.526. The summed E-state index contributed by atoms with van der Waals surface area (Å²) in [4.78, 5) is 15.0. The predicted molar refractivity (Wildman–Crippen MR) is 88.4 cm³/mol. The van der Waals surface area contributed by atoms with Crippen LogP contribution in [0.3, 0.4) is 0 Å². The van der Waals surface area contributed by atoms with E-state index in [1.54, 1.807) is 0 Å². The summed E-state index contributed by atoms with van der Waals surface area (Å²) in [6.45, 7) is 4.65. The summed E-state index contributed by atoms with van der Waals surface area (Å²) < 4.78 is 0. The maximum Gasteiger partial charge on any atom is 0.254 e. The Morgan fingerprint density at radius 2 is 1.86 bits per heavy atom. The fourth-order valence-electron chi connectivity index (χ4n) is 3.16. The van der Waals surface area contributed by atoms with E-state index in [1.807, 2.05) is 36.4 Å². The summed E-state index contributed by atoms with van der Waals surface area (Å²) in [6.07, 6.45) is 11.4. The van der Waals surface area contributed by atoms with E-state index in [-0.39, 0.29) is 5.91 Å². The SMILES string of the molecule is C=CCCCCN(C(=O)c1ccccc1)C1CCCCC1. The first kappa shape index (κ1) is 15.8. The smallest absolute Gasteiger partial charge is 0.254 e. The molecule has 2 rings (SSSR count). The summed E-state index contributed by atoms with van der Waals surface area (Å²) in [5, 5.41) is 0. The maximum absolute atomic E-state index is 12.8. The van der Waals surface area contributed by atoms with E-state index in [1.165, 1.54) is 32.1 Å². The van der Waals surface area contributed by atoms with Crippen molar-refractivity contribution in [1.29, 1.82) is 0 Å². The molecule has 0 heterocycles. The van der Waals surface area contributed by atoms with Gasteiger partial charge in [-0.1, -0.05) is 43.5 Å². The van der Waals surface area contributed by atoms with Crippen LogP contribution in [-0.4, -0.2) is 23.4 Å². The third-order valence-electron chi connectivity index (χ3n) is 4.35. The molecule has 0 spiro atoms. The molecule has 0 atom stereocenters. The quantitative estimate of drug-likeness (QED) is 0.519. The molecule has 0 aromatic heterocycles. The van der Waals surface area contributed by atoms with Crippen molar-refractivity contribution in [1.82, 2.24) is 4.90 Å². The fourth-order valence-corrected chi connectivity index (χ4v) is 3.16. The third kappa shape index (κ3) is 4.73. The first-order chi connectivity index (χ1) is 10.3. The summed E-state index contributed by atoms with van der Waals surface area (Å²) in [5.74, 6) is 0.209. The molecular formula is C19H27NO. The van der Waals surface area contributed by atoms with Crippen LogP contribution in [0.5, 0.6) is 0 Å². The monoisotopic (exact) mass is 285 g/mol. The van der Waals surface area contributed by atoms with Gasteiger partial charge in [-0.3, -0.25) is 4.79 Å². The van der Waals surface area contributed by atoms with Gasteiger partial charge in [0.25, 0.3) is 5.91 Å². The zero-order chi connectivity index (χ0) is 14.9. The number of hydrogen-bond acceptors (Lipinski definition) is 1. The first-order valence-corrected chi connectivity index (χ1v) is 8.30. The van der Waals surface area contributed by atoms with Gasteiger partial charge < -0.3 is 4.90 Å². The second-order valence-corrected chi connectivity index (χ2v) is 5.94. The number of nitrogens with zero attached hydrogens (tertiary/aromatic N) is 1. The summed E-state index contributed by atoms with van der Waals surface area (Å²) >= 11 is 0. The van der Waals surface area contributed by atoms with E-state index in [0.717, 1.165) is 31.4 Å². The van der Waals surface area contributed by atoms with Crippen LogP contribution < -0.4 is 0 Å². The molecule has 1 aliphatic carbocycles. The molecule has 0 unspecified atom stereocenters. The average Bonchev–Trinajstić information content (AvgIpc) is 2.56. The Hall–Kier alpha value is -1.57. The maximum atomic E-state index is 12.8. The molecule has 0 N–H and O–H groups in total. The Bertz CT molecular complexity index is 434. The molecule has 1 fully saturated rings. The van der Waals surface area contributed by atoms with Crippen molar-refractivity contribution in [2.75, 3.05) is 6.54 Å². The minimum absolute atomic E-state index is 0.209. The van der Waals surface area contributed by atoms with Crippen molar-refractivity contribution in [3.05, 3.63) is 48.6 Å². The molecule has 2 heteroatoms. The molecule has 21 heavy (non-hydrogen) atoms. The van der Waals surface area contributed by atoms with E-state index >= 15 is 0 Å². The predicted octanol–water partition coefficient (Wildman–Crippen LogP) is 4.82. The van der Waals surface area contributed by atoms with Crippen LogP contribution in [0.1, 0.15) is 61.7 Å². The van der Waals surface area contributed by atoms with Gasteiger partial charge in [0.2, 0.25) is 0 Å².